The molecule has 0 spiro atoms. The van der Waals surface area contributed by atoms with E-state index in [4.69, 9.17) is 9.47 Å². The van der Waals surface area contributed by atoms with Crippen molar-refractivity contribution in [2.45, 2.75) is 91.9 Å². The minimum atomic E-state index is -0.446. The van der Waals surface area contributed by atoms with E-state index in [9.17, 15) is 9.59 Å². The highest BCUT2D eigenvalue weighted by atomic mass is 16.5. The Morgan fingerprint density at radius 1 is 0.667 bits per heavy atom. The number of carbonyl (C=O) groups excluding carboxylic acids is 2. The quantitative estimate of drug-likeness (QED) is 0.208. The van der Waals surface area contributed by atoms with Crippen LogP contribution in [-0.4, -0.2) is 25.2 Å². The fraction of sp³-hybridized carbons (Fsp3) is 0.692. The molecule has 0 saturated carbocycles. The molecule has 0 N–H and O–H groups in total. The van der Waals surface area contributed by atoms with Crippen LogP contribution in [0.5, 0.6) is 0 Å². The number of rotatable bonds is 16. The monoisotopic (exact) mass is 419 g/mol. The summed E-state index contributed by atoms with van der Waals surface area (Å²) in [6.45, 7) is 9.72. The van der Waals surface area contributed by atoms with Crippen molar-refractivity contribution in [2.75, 3.05) is 13.2 Å². The second kappa shape index (κ2) is 15.9. The van der Waals surface area contributed by atoms with Crippen molar-refractivity contribution in [1.82, 2.24) is 0 Å². The van der Waals surface area contributed by atoms with E-state index < -0.39 is 11.9 Å². The Labute approximate surface area is 185 Å². The van der Waals surface area contributed by atoms with Gasteiger partial charge in [-0.15, -0.1) is 0 Å². The van der Waals surface area contributed by atoms with E-state index >= 15 is 0 Å². The van der Waals surface area contributed by atoms with Crippen molar-refractivity contribution in [3.05, 3.63) is 35.4 Å². The Hall–Kier alpha value is -1.84. The van der Waals surface area contributed by atoms with Crippen molar-refractivity contribution in [3.8, 4) is 0 Å². The molecule has 0 saturated heterocycles. The third kappa shape index (κ3) is 12.0. The predicted octanol–water partition coefficient (Wildman–Crippen LogP) is 7.33. The molecule has 1 aromatic rings. The Balaban J connectivity index is 0.00000900. The van der Waals surface area contributed by atoms with Crippen LogP contribution in [0.15, 0.2) is 24.3 Å². The SMILES string of the molecule is CC(C)CCCCCCOC(=O)c1ccccc1C(=O)OCCCCCCC(C)C.[H+]. The molecular weight excluding hydrogens is 376 g/mol. The minimum Gasteiger partial charge on any atom is -0.462 e. The zero-order chi connectivity index (χ0) is 22.2. The van der Waals surface area contributed by atoms with Gasteiger partial charge in [0.05, 0.1) is 24.3 Å². The Kier molecular flexibility index (Phi) is 13.9. The van der Waals surface area contributed by atoms with Gasteiger partial charge >= 0.3 is 13.4 Å². The van der Waals surface area contributed by atoms with Crippen LogP contribution in [0, 0.1) is 11.8 Å². The topological polar surface area (TPSA) is 52.6 Å². The summed E-state index contributed by atoms with van der Waals surface area (Å²) in [4.78, 5) is 24.8. The van der Waals surface area contributed by atoms with E-state index in [1.165, 1.54) is 25.7 Å². The van der Waals surface area contributed by atoms with Gasteiger partial charge < -0.3 is 9.47 Å². The van der Waals surface area contributed by atoms with Crippen molar-refractivity contribution in [3.63, 3.8) is 0 Å². The second-order valence-corrected chi connectivity index (χ2v) is 9.01. The molecule has 0 aliphatic carbocycles. The molecule has 0 radical (unpaired) electrons. The molecule has 0 aliphatic rings. The molecule has 0 unspecified atom stereocenters. The third-order valence-corrected chi connectivity index (χ3v) is 5.18. The molecule has 0 aromatic heterocycles. The zero-order valence-corrected chi connectivity index (χ0v) is 19.6. The molecule has 4 nitrogen and oxygen atoms in total. The van der Waals surface area contributed by atoms with Gasteiger partial charge in [-0.3, -0.25) is 0 Å². The maximum Gasteiger partial charge on any atom is 1.00 e. The minimum absolute atomic E-state index is 0. The first-order valence-electron chi connectivity index (χ1n) is 11.8. The summed E-state index contributed by atoms with van der Waals surface area (Å²) < 4.78 is 10.8. The average Bonchev–Trinajstić information content (AvgIpc) is 2.71. The fourth-order valence-electron chi connectivity index (χ4n) is 3.34. The van der Waals surface area contributed by atoms with Gasteiger partial charge in [-0.2, -0.15) is 0 Å². The first-order valence-corrected chi connectivity index (χ1v) is 11.8. The molecule has 0 amide bonds. The van der Waals surface area contributed by atoms with Gasteiger partial charge in [-0.25, -0.2) is 9.59 Å². The number of esters is 2. The Bertz CT molecular complexity index is 560. The number of ether oxygens (including phenoxy) is 2. The summed E-state index contributed by atoms with van der Waals surface area (Å²) in [6, 6.07) is 6.75. The van der Waals surface area contributed by atoms with Crippen LogP contribution in [0.25, 0.3) is 0 Å². The molecule has 1 aromatic carbocycles. The molecule has 0 heterocycles. The molecule has 0 aliphatic heterocycles. The molecule has 170 valence electrons. The molecule has 0 atom stereocenters. The summed E-state index contributed by atoms with van der Waals surface area (Å²) in [5.41, 5.74) is 0.582. The first-order chi connectivity index (χ1) is 14.4. The van der Waals surface area contributed by atoms with Gasteiger partial charge in [-0.05, 0) is 36.8 Å². The van der Waals surface area contributed by atoms with Crippen LogP contribution in [0.2, 0.25) is 0 Å². The van der Waals surface area contributed by atoms with Crippen LogP contribution in [0.4, 0.5) is 0 Å². The van der Waals surface area contributed by atoms with E-state index in [0.717, 1.165) is 50.4 Å². The standard InChI is InChI=1S/C26H42O4/c1-21(2)15-9-5-7-13-19-29-25(27)23-17-11-12-18-24(23)26(28)30-20-14-8-6-10-16-22(3)4/h11-12,17-18,21-22H,5-10,13-16,19-20H2,1-4H3/p+1. The predicted molar refractivity (Wildman–Crippen MR) is 124 cm³/mol. The fourth-order valence-corrected chi connectivity index (χ4v) is 3.34. The highest BCUT2D eigenvalue weighted by Gasteiger charge is 2.18. The Morgan fingerprint density at radius 3 is 1.40 bits per heavy atom. The van der Waals surface area contributed by atoms with Gasteiger partial charge in [-0.1, -0.05) is 91.2 Å². The molecule has 30 heavy (non-hydrogen) atoms. The largest absolute Gasteiger partial charge is 1.00 e. The van der Waals surface area contributed by atoms with E-state index in [1.54, 1.807) is 24.3 Å². The number of unbranched alkanes of at least 4 members (excludes halogenated alkanes) is 6. The highest BCUT2D eigenvalue weighted by molar-refractivity contribution is 6.03. The molecule has 4 heteroatoms. The van der Waals surface area contributed by atoms with E-state index in [-0.39, 0.29) is 1.43 Å². The van der Waals surface area contributed by atoms with E-state index in [2.05, 4.69) is 27.7 Å². The van der Waals surface area contributed by atoms with Gasteiger partial charge in [0.25, 0.3) is 0 Å². The number of hydrogen-bond acceptors (Lipinski definition) is 4. The third-order valence-electron chi connectivity index (χ3n) is 5.18. The van der Waals surface area contributed by atoms with Crippen molar-refractivity contribution in [1.29, 1.82) is 0 Å². The zero-order valence-electron chi connectivity index (χ0n) is 20.6. The molecule has 1 rings (SSSR count). The lowest BCUT2D eigenvalue weighted by Gasteiger charge is -2.10. The van der Waals surface area contributed by atoms with E-state index in [1.807, 2.05) is 0 Å². The molecule has 0 fully saturated rings. The number of benzene rings is 1. The Morgan fingerprint density at radius 2 is 1.03 bits per heavy atom. The summed E-state index contributed by atoms with van der Waals surface area (Å²) in [7, 11) is 0. The summed E-state index contributed by atoms with van der Waals surface area (Å²) >= 11 is 0. The maximum atomic E-state index is 12.4. The maximum absolute atomic E-state index is 12.4. The van der Waals surface area contributed by atoms with Gasteiger partial charge in [0.2, 0.25) is 0 Å². The van der Waals surface area contributed by atoms with Crippen LogP contribution >= 0.6 is 0 Å². The first kappa shape index (κ1) is 26.2. The van der Waals surface area contributed by atoms with Crippen molar-refractivity contribution in [2.24, 2.45) is 11.8 Å². The lowest BCUT2D eigenvalue weighted by Crippen LogP contribution is -2.15. The lowest BCUT2D eigenvalue weighted by molar-refractivity contribution is 0.0450. The van der Waals surface area contributed by atoms with Gasteiger partial charge in [0.1, 0.15) is 0 Å². The normalized spacial score (nSPS) is 11.1. The van der Waals surface area contributed by atoms with Crippen LogP contribution in [-0.2, 0) is 9.47 Å². The van der Waals surface area contributed by atoms with Crippen molar-refractivity contribution >= 4 is 11.9 Å². The van der Waals surface area contributed by atoms with Gasteiger partial charge in [0, 0.05) is 0 Å². The van der Waals surface area contributed by atoms with Gasteiger partial charge in [0.15, 0.2) is 0 Å². The van der Waals surface area contributed by atoms with Crippen LogP contribution in [0.1, 0.15) is 114 Å². The number of hydrogen-bond donors (Lipinski definition) is 0. The molecule has 0 bridgehead atoms. The molecular formula is C26H43O4+. The highest BCUT2D eigenvalue weighted by Crippen LogP contribution is 2.14. The van der Waals surface area contributed by atoms with Crippen LogP contribution in [0.3, 0.4) is 0 Å². The summed E-state index contributed by atoms with van der Waals surface area (Å²) in [5.74, 6) is 0.588. The summed E-state index contributed by atoms with van der Waals surface area (Å²) in [5, 5.41) is 0. The second-order valence-electron chi connectivity index (χ2n) is 9.01. The van der Waals surface area contributed by atoms with E-state index in [0.29, 0.717) is 24.3 Å². The lowest BCUT2D eigenvalue weighted by atomic mass is 10.0. The van der Waals surface area contributed by atoms with Crippen molar-refractivity contribution < 1.29 is 20.5 Å². The summed E-state index contributed by atoms with van der Waals surface area (Å²) in [6.07, 6.45) is 11.1. The smallest absolute Gasteiger partial charge is 0.462 e. The average molecular weight is 420 g/mol. The van der Waals surface area contributed by atoms with Crippen LogP contribution < -0.4 is 0 Å². The number of carbonyl (C=O) groups is 2.